The summed E-state index contributed by atoms with van der Waals surface area (Å²) in [7, 11) is -3.71. The highest BCUT2D eigenvalue weighted by atomic mass is 35.5. The number of nitrogens with one attached hydrogen (secondary N) is 1. The third-order valence-corrected chi connectivity index (χ3v) is 6.12. The van der Waals surface area contributed by atoms with Crippen LogP contribution in [0.5, 0.6) is 0 Å². The first-order valence-corrected chi connectivity index (χ1v) is 9.21. The van der Waals surface area contributed by atoms with Crippen molar-refractivity contribution in [1.82, 2.24) is 5.32 Å². The van der Waals surface area contributed by atoms with Crippen LogP contribution in [0.1, 0.15) is 23.9 Å². The maximum atomic E-state index is 12.9. The van der Waals surface area contributed by atoms with Crippen molar-refractivity contribution in [3.8, 4) is 0 Å². The largest absolute Gasteiger partial charge is 0.468 e. The summed E-state index contributed by atoms with van der Waals surface area (Å²) in [6, 6.07) is 9.18. The number of hydrogen-bond donors (Lipinski definition) is 1. The molecule has 23 heavy (non-hydrogen) atoms. The van der Waals surface area contributed by atoms with E-state index in [1.807, 2.05) is 0 Å². The molecule has 1 aliphatic rings. The van der Waals surface area contributed by atoms with Crippen LogP contribution in [0, 0.1) is 5.92 Å². The minimum absolute atomic E-state index is 0.0190. The van der Waals surface area contributed by atoms with Crippen LogP contribution in [0.25, 0.3) is 0 Å². The lowest BCUT2D eigenvalue weighted by Gasteiger charge is -2.16. The van der Waals surface area contributed by atoms with Crippen molar-refractivity contribution in [2.75, 3.05) is 6.54 Å². The van der Waals surface area contributed by atoms with Crippen LogP contribution in [-0.2, 0) is 14.6 Å². The first-order valence-electron chi connectivity index (χ1n) is 7.29. The predicted molar refractivity (Wildman–Crippen MR) is 85.8 cm³/mol. The second-order valence-corrected chi connectivity index (χ2v) is 8.09. The Morgan fingerprint density at radius 3 is 2.52 bits per heavy atom. The first-order chi connectivity index (χ1) is 11.0. The predicted octanol–water partition coefficient (Wildman–Crippen LogP) is 2.97. The van der Waals surface area contributed by atoms with Gasteiger partial charge in [0.2, 0.25) is 5.91 Å². The molecule has 3 rings (SSSR count). The summed E-state index contributed by atoms with van der Waals surface area (Å²) in [6.07, 6.45) is 3.14. The second-order valence-electron chi connectivity index (χ2n) is 5.52. The molecule has 2 aromatic rings. The van der Waals surface area contributed by atoms with Crippen molar-refractivity contribution >= 4 is 27.3 Å². The van der Waals surface area contributed by atoms with Crippen molar-refractivity contribution in [1.29, 1.82) is 0 Å². The van der Waals surface area contributed by atoms with Crippen LogP contribution < -0.4 is 5.32 Å². The molecule has 1 fully saturated rings. The zero-order valence-corrected chi connectivity index (χ0v) is 13.8. The standard InChI is InChI=1S/C16H16ClNO4S/c17-12-5-7-13(8-6-12)23(20,21)15(14-2-1-9-22-14)10-18-16(19)11-3-4-11/h1-2,5-9,11,15H,3-4,10H2,(H,18,19)/t15-/m1/s1. The molecule has 122 valence electrons. The van der Waals surface area contributed by atoms with Gasteiger partial charge in [0.05, 0.1) is 11.2 Å². The van der Waals surface area contributed by atoms with Crippen LogP contribution in [0.3, 0.4) is 0 Å². The van der Waals surface area contributed by atoms with Crippen LogP contribution in [0.2, 0.25) is 5.02 Å². The average molecular weight is 354 g/mol. The van der Waals surface area contributed by atoms with E-state index in [9.17, 15) is 13.2 Å². The lowest BCUT2D eigenvalue weighted by molar-refractivity contribution is -0.122. The van der Waals surface area contributed by atoms with Crippen molar-refractivity contribution < 1.29 is 17.6 Å². The number of amides is 1. The van der Waals surface area contributed by atoms with Gasteiger partial charge in [-0.2, -0.15) is 0 Å². The average Bonchev–Trinajstić information content (AvgIpc) is 3.24. The molecule has 1 aromatic heterocycles. The molecular formula is C16H16ClNO4S. The van der Waals surface area contributed by atoms with E-state index in [0.717, 1.165) is 12.8 Å². The van der Waals surface area contributed by atoms with Crippen molar-refractivity contribution in [3.05, 3.63) is 53.4 Å². The van der Waals surface area contributed by atoms with E-state index < -0.39 is 15.1 Å². The van der Waals surface area contributed by atoms with Gasteiger partial charge in [-0.05, 0) is 49.2 Å². The van der Waals surface area contributed by atoms with Crippen LogP contribution in [-0.4, -0.2) is 20.9 Å². The summed E-state index contributed by atoms with van der Waals surface area (Å²) in [5, 5.41) is 2.20. The molecule has 1 atom stereocenters. The van der Waals surface area contributed by atoms with Gasteiger partial charge in [-0.1, -0.05) is 11.6 Å². The number of halogens is 1. The Kier molecular flexibility index (Phi) is 4.46. The van der Waals surface area contributed by atoms with Crippen LogP contribution >= 0.6 is 11.6 Å². The molecule has 1 aliphatic carbocycles. The normalized spacial score (nSPS) is 16.0. The fourth-order valence-electron chi connectivity index (χ4n) is 2.31. The van der Waals surface area contributed by atoms with Crippen molar-refractivity contribution in [2.45, 2.75) is 23.0 Å². The maximum Gasteiger partial charge on any atom is 0.223 e. The van der Waals surface area contributed by atoms with E-state index in [0.29, 0.717) is 10.8 Å². The Balaban J connectivity index is 1.87. The molecule has 0 bridgehead atoms. The van der Waals surface area contributed by atoms with Gasteiger partial charge in [0.1, 0.15) is 11.0 Å². The van der Waals surface area contributed by atoms with E-state index in [4.69, 9.17) is 16.0 Å². The highest BCUT2D eigenvalue weighted by Crippen LogP contribution is 2.31. The summed E-state index contributed by atoms with van der Waals surface area (Å²) in [5.74, 6) is 0.217. The molecule has 0 unspecified atom stereocenters. The van der Waals surface area contributed by atoms with E-state index in [1.165, 1.54) is 30.5 Å². The summed E-state index contributed by atoms with van der Waals surface area (Å²) in [6.45, 7) is -0.0200. The first kappa shape index (κ1) is 16.1. The quantitative estimate of drug-likeness (QED) is 0.866. The summed E-state index contributed by atoms with van der Waals surface area (Å²) >= 11 is 5.82. The Morgan fingerprint density at radius 2 is 1.96 bits per heavy atom. The zero-order chi connectivity index (χ0) is 16.4. The van der Waals surface area contributed by atoms with Crippen molar-refractivity contribution in [3.63, 3.8) is 0 Å². The number of hydrogen-bond acceptors (Lipinski definition) is 4. The fraction of sp³-hybridized carbons (Fsp3) is 0.312. The minimum atomic E-state index is -3.71. The molecule has 1 aromatic carbocycles. The SMILES string of the molecule is O=C(NC[C@H](c1ccco1)S(=O)(=O)c1ccc(Cl)cc1)C1CC1. The van der Waals surface area contributed by atoms with Gasteiger partial charge in [-0.3, -0.25) is 4.79 Å². The topological polar surface area (TPSA) is 76.4 Å². The highest BCUT2D eigenvalue weighted by Gasteiger charge is 2.34. The molecular weight excluding hydrogens is 338 g/mol. The van der Waals surface area contributed by atoms with Gasteiger partial charge < -0.3 is 9.73 Å². The lowest BCUT2D eigenvalue weighted by Crippen LogP contribution is -2.32. The second kappa shape index (κ2) is 6.37. The molecule has 1 N–H and O–H groups in total. The number of carbonyl (C=O) groups is 1. The van der Waals surface area contributed by atoms with Gasteiger partial charge in [-0.25, -0.2) is 8.42 Å². The minimum Gasteiger partial charge on any atom is -0.468 e. The van der Waals surface area contributed by atoms with E-state index >= 15 is 0 Å². The fourth-order valence-corrected chi connectivity index (χ4v) is 4.02. The number of carbonyl (C=O) groups excluding carboxylic acids is 1. The van der Waals surface area contributed by atoms with Gasteiger partial charge in [0.15, 0.2) is 9.84 Å². The van der Waals surface area contributed by atoms with Gasteiger partial charge in [0.25, 0.3) is 0 Å². The Morgan fingerprint density at radius 1 is 1.26 bits per heavy atom. The summed E-state index contributed by atoms with van der Waals surface area (Å²) < 4.78 is 31.1. The number of furan rings is 1. The third kappa shape index (κ3) is 3.59. The molecule has 0 saturated heterocycles. The molecule has 5 nitrogen and oxygen atoms in total. The van der Waals surface area contributed by atoms with Gasteiger partial charge in [0, 0.05) is 17.5 Å². The molecule has 1 saturated carbocycles. The molecule has 1 heterocycles. The Hall–Kier alpha value is -1.79. The van der Waals surface area contributed by atoms with Crippen LogP contribution in [0.4, 0.5) is 0 Å². The molecule has 0 aliphatic heterocycles. The van der Waals surface area contributed by atoms with E-state index in [-0.39, 0.29) is 23.3 Å². The van der Waals surface area contributed by atoms with E-state index in [2.05, 4.69) is 5.32 Å². The Bertz CT molecular complexity index is 780. The van der Waals surface area contributed by atoms with Gasteiger partial charge in [-0.15, -0.1) is 0 Å². The number of sulfone groups is 1. The maximum absolute atomic E-state index is 12.9. The number of rotatable bonds is 6. The molecule has 7 heteroatoms. The van der Waals surface area contributed by atoms with Gasteiger partial charge >= 0.3 is 0 Å². The highest BCUT2D eigenvalue weighted by molar-refractivity contribution is 7.91. The monoisotopic (exact) mass is 353 g/mol. The lowest BCUT2D eigenvalue weighted by atomic mass is 10.3. The zero-order valence-electron chi connectivity index (χ0n) is 12.2. The van der Waals surface area contributed by atoms with Crippen molar-refractivity contribution in [2.24, 2.45) is 5.92 Å². The van der Waals surface area contributed by atoms with E-state index in [1.54, 1.807) is 12.1 Å². The summed E-state index contributed by atoms with van der Waals surface area (Å²) in [4.78, 5) is 12.0. The van der Waals surface area contributed by atoms with Crippen LogP contribution in [0.15, 0.2) is 52.0 Å². The summed E-state index contributed by atoms with van der Waals surface area (Å²) in [5.41, 5.74) is 0. The molecule has 0 radical (unpaired) electrons. The Labute approximate surface area is 139 Å². The third-order valence-electron chi connectivity index (χ3n) is 3.79. The molecule has 1 amide bonds. The smallest absolute Gasteiger partial charge is 0.223 e. The number of benzene rings is 1. The molecule has 0 spiro atoms.